The van der Waals surface area contributed by atoms with E-state index in [4.69, 9.17) is 4.74 Å². The number of hydrogen-bond acceptors (Lipinski definition) is 3. The molecule has 0 aromatic heterocycles. The number of rotatable bonds is 5. The normalized spacial score (nSPS) is 29.3. The molecule has 106 valence electrons. The average Bonchev–Trinajstić information content (AvgIpc) is 2.83. The Hall–Kier alpha value is -0.120. The molecule has 0 aromatic carbocycles. The fourth-order valence-electron chi connectivity index (χ4n) is 3.33. The molecule has 0 spiro atoms. The molecule has 2 heterocycles. The Labute approximate surface area is 112 Å². The van der Waals surface area contributed by atoms with Crippen molar-refractivity contribution < 1.29 is 4.74 Å². The molecule has 2 aliphatic heterocycles. The van der Waals surface area contributed by atoms with Gasteiger partial charge in [-0.05, 0) is 51.6 Å². The van der Waals surface area contributed by atoms with E-state index < -0.39 is 0 Å². The molecular formula is C15H30N2O. The van der Waals surface area contributed by atoms with Gasteiger partial charge in [-0.1, -0.05) is 13.8 Å². The zero-order valence-electron chi connectivity index (χ0n) is 12.2. The fourth-order valence-corrected chi connectivity index (χ4v) is 3.33. The molecule has 1 unspecified atom stereocenters. The fraction of sp³-hybridized carbons (Fsp3) is 1.00. The molecule has 2 rings (SSSR count). The van der Waals surface area contributed by atoms with Crippen molar-refractivity contribution in [2.45, 2.75) is 64.0 Å². The topological polar surface area (TPSA) is 24.5 Å². The predicted octanol–water partition coefficient (Wildman–Crippen LogP) is 2.41. The smallest absolute Gasteiger partial charge is 0.0588 e. The van der Waals surface area contributed by atoms with Crippen molar-refractivity contribution >= 4 is 0 Å². The van der Waals surface area contributed by atoms with Crippen molar-refractivity contribution in [2.75, 3.05) is 32.8 Å². The van der Waals surface area contributed by atoms with Crippen LogP contribution in [0.4, 0.5) is 0 Å². The zero-order valence-corrected chi connectivity index (χ0v) is 12.2. The Morgan fingerprint density at radius 1 is 1.28 bits per heavy atom. The maximum Gasteiger partial charge on any atom is 0.0588 e. The summed E-state index contributed by atoms with van der Waals surface area (Å²) in [4.78, 5) is 2.66. The minimum atomic E-state index is 0.354. The van der Waals surface area contributed by atoms with Crippen molar-refractivity contribution in [1.29, 1.82) is 0 Å². The highest BCUT2D eigenvalue weighted by Gasteiger charge is 2.30. The van der Waals surface area contributed by atoms with Crippen LogP contribution in [0.5, 0.6) is 0 Å². The van der Waals surface area contributed by atoms with Crippen LogP contribution in [0, 0.1) is 0 Å². The lowest BCUT2D eigenvalue weighted by Crippen LogP contribution is -2.50. The number of ether oxygens (including phenoxy) is 1. The van der Waals surface area contributed by atoms with Crippen molar-refractivity contribution in [3.63, 3.8) is 0 Å². The molecular weight excluding hydrogens is 224 g/mol. The molecule has 3 heteroatoms. The summed E-state index contributed by atoms with van der Waals surface area (Å²) in [6.07, 6.45) is 8.06. The van der Waals surface area contributed by atoms with Gasteiger partial charge in [-0.25, -0.2) is 0 Å². The third-order valence-corrected chi connectivity index (χ3v) is 4.82. The van der Waals surface area contributed by atoms with Gasteiger partial charge in [-0.2, -0.15) is 0 Å². The summed E-state index contributed by atoms with van der Waals surface area (Å²) in [5.74, 6) is 0. The van der Waals surface area contributed by atoms with E-state index in [2.05, 4.69) is 24.1 Å². The summed E-state index contributed by atoms with van der Waals surface area (Å²) < 4.78 is 5.74. The van der Waals surface area contributed by atoms with Gasteiger partial charge < -0.3 is 15.0 Å². The Kier molecular flexibility index (Phi) is 5.46. The molecule has 3 nitrogen and oxygen atoms in total. The maximum absolute atomic E-state index is 5.74. The lowest BCUT2D eigenvalue weighted by molar-refractivity contribution is 0.0879. The second kappa shape index (κ2) is 6.88. The number of nitrogens with zero attached hydrogens (tertiary/aromatic N) is 1. The lowest BCUT2D eigenvalue weighted by Gasteiger charge is -2.35. The molecule has 2 fully saturated rings. The minimum absolute atomic E-state index is 0.354. The Bertz CT molecular complexity index is 235. The largest absolute Gasteiger partial charge is 0.378 e. The summed E-state index contributed by atoms with van der Waals surface area (Å²) in [5.41, 5.74) is 0.354. The second-order valence-corrected chi connectivity index (χ2v) is 5.97. The summed E-state index contributed by atoms with van der Waals surface area (Å²) in [7, 11) is 0. The maximum atomic E-state index is 5.74. The van der Waals surface area contributed by atoms with Gasteiger partial charge in [-0.15, -0.1) is 0 Å². The summed E-state index contributed by atoms with van der Waals surface area (Å²) in [6, 6.07) is 0. The summed E-state index contributed by atoms with van der Waals surface area (Å²) >= 11 is 0. The molecule has 2 saturated heterocycles. The minimum Gasteiger partial charge on any atom is -0.378 e. The van der Waals surface area contributed by atoms with Crippen LogP contribution >= 0.6 is 0 Å². The Balaban J connectivity index is 1.82. The highest BCUT2D eigenvalue weighted by Crippen LogP contribution is 2.21. The average molecular weight is 254 g/mol. The monoisotopic (exact) mass is 254 g/mol. The first-order chi connectivity index (χ1) is 8.78. The van der Waals surface area contributed by atoms with Gasteiger partial charge in [0.05, 0.1) is 6.10 Å². The van der Waals surface area contributed by atoms with Gasteiger partial charge in [0, 0.05) is 25.2 Å². The van der Waals surface area contributed by atoms with Crippen molar-refractivity contribution in [3.8, 4) is 0 Å². The quantitative estimate of drug-likeness (QED) is 0.815. The van der Waals surface area contributed by atoms with E-state index in [1.54, 1.807) is 0 Å². The summed E-state index contributed by atoms with van der Waals surface area (Å²) in [5, 5.41) is 3.78. The number of hydrogen-bond donors (Lipinski definition) is 1. The van der Waals surface area contributed by atoms with E-state index in [1.165, 1.54) is 64.7 Å². The highest BCUT2D eigenvalue weighted by atomic mass is 16.5. The van der Waals surface area contributed by atoms with Crippen LogP contribution in [0.15, 0.2) is 0 Å². The zero-order chi connectivity index (χ0) is 12.8. The molecule has 18 heavy (non-hydrogen) atoms. The number of nitrogens with one attached hydrogen (secondary N) is 1. The first kappa shape index (κ1) is 14.3. The third kappa shape index (κ3) is 3.69. The van der Waals surface area contributed by atoms with Gasteiger partial charge in [0.1, 0.15) is 0 Å². The van der Waals surface area contributed by atoms with E-state index in [1.807, 2.05) is 0 Å². The Morgan fingerprint density at radius 2 is 2.11 bits per heavy atom. The van der Waals surface area contributed by atoms with Crippen LogP contribution in [0.1, 0.15) is 52.4 Å². The van der Waals surface area contributed by atoms with E-state index in [0.29, 0.717) is 11.6 Å². The molecule has 0 aliphatic carbocycles. The van der Waals surface area contributed by atoms with E-state index in [0.717, 1.165) is 6.61 Å². The Morgan fingerprint density at radius 3 is 2.78 bits per heavy atom. The third-order valence-electron chi connectivity index (χ3n) is 4.82. The van der Waals surface area contributed by atoms with Crippen molar-refractivity contribution in [3.05, 3.63) is 0 Å². The lowest BCUT2D eigenvalue weighted by atomic mass is 9.92. The molecule has 0 aromatic rings. The summed E-state index contributed by atoms with van der Waals surface area (Å²) in [6.45, 7) is 10.5. The molecule has 0 saturated carbocycles. The molecule has 0 amide bonds. The SMILES string of the molecule is CCC1(CC)CN(CCC2CCCO2)CCCN1. The van der Waals surface area contributed by atoms with E-state index in [9.17, 15) is 0 Å². The van der Waals surface area contributed by atoms with Crippen molar-refractivity contribution in [2.24, 2.45) is 0 Å². The van der Waals surface area contributed by atoms with Crippen LogP contribution in [0.25, 0.3) is 0 Å². The first-order valence-corrected chi connectivity index (χ1v) is 7.87. The van der Waals surface area contributed by atoms with E-state index >= 15 is 0 Å². The molecule has 0 radical (unpaired) electrons. The van der Waals surface area contributed by atoms with Gasteiger partial charge >= 0.3 is 0 Å². The van der Waals surface area contributed by atoms with Crippen LogP contribution in [0.3, 0.4) is 0 Å². The molecule has 1 N–H and O–H groups in total. The molecule has 0 bridgehead atoms. The van der Waals surface area contributed by atoms with Crippen molar-refractivity contribution in [1.82, 2.24) is 10.2 Å². The van der Waals surface area contributed by atoms with Gasteiger partial charge in [0.2, 0.25) is 0 Å². The van der Waals surface area contributed by atoms with Gasteiger partial charge in [0.15, 0.2) is 0 Å². The van der Waals surface area contributed by atoms with Crippen LogP contribution in [-0.4, -0.2) is 49.3 Å². The molecule has 2 aliphatic rings. The first-order valence-electron chi connectivity index (χ1n) is 7.87. The standard InChI is InChI=1S/C15H30N2O/c1-3-15(4-2)13-17(10-6-9-16-15)11-8-14-7-5-12-18-14/h14,16H,3-13H2,1-2H3. The van der Waals surface area contributed by atoms with Gasteiger partial charge in [-0.3, -0.25) is 0 Å². The van der Waals surface area contributed by atoms with Gasteiger partial charge in [0.25, 0.3) is 0 Å². The second-order valence-electron chi connectivity index (χ2n) is 5.97. The highest BCUT2D eigenvalue weighted by molar-refractivity contribution is 4.91. The van der Waals surface area contributed by atoms with Crippen LogP contribution in [-0.2, 0) is 4.74 Å². The molecule has 1 atom stereocenters. The van der Waals surface area contributed by atoms with E-state index in [-0.39, 0.29) is 0 Å². The predicted molar refractivity (Wildman–Crippen MR) is 76.0 cm³/mol. The van der Waals surface area contributed by atoms with Crippen LogP contribution < -0.4 is 5.32 Å². The van der Waals surface area contributed by atoms with Crippen LogP contribution in [0.2, 0.25) is 0 Å².